The fourth-order valence-corrected chi connectivity index (χ4v) is 4.09. The lowest BCUT2D eigenvalue weighted by molar-refractivity contribution is -0.384. The number of non-ortho nitro benzene ring substituents is 1. The zero-order valence-corrected chi connectivity index (χ0v) is 12.5. The van der Waals surface area contributed by atoms with Gasteiger partial charge in [-0.05, 0) is 25.6 Å². The minimum atomic E-state index is -3.49. The van der Waals surface area contributed by atoms with E-state index in [-0.39, 0.29) is 28.3 Å². The van der Waals surface area contributed by atoms with Crippen molar-refractivity contribution >= 4 is 15.5 Å². The first-order chi connectivity index (χ1) is 9.94. The summed E-state index contributed by atoms with van der Waals surface area (Å²) in [7, 11) is -1.76. The Labute approximate surface area is 123 Å². The van der Waals surface area contributed by atoms with Crippen LogP contribution in [0.5, 0.6) is 0 Å². The summed E-state index contributed by atoms with van der Waals surface area (Å²) in [5.74, 6) is 0.123. The molecule has 116 valence electrons. The summed E-state index contributed by atoms with van der Waals surface area (Å²) in [5, 5.41) is 13.6. The smallest absolute Gasteiger partial charge is 0.269 e. The molecule has 7 nitrogen and oxygen atoms in total. The molecule has 8 heteroatoms. The van der Waals surface area contributed by atoms with Crippen molar-refractivity contribution in [3.63, 3.8) is 0 Å². The van der Waals surface area contributed by atoms with Gasteiger partial charge in [0.2, 0.25) is 0 Å². The topological polar surface area (TPSA) is 98.5 Å². The first-order valence-corrected chi connectivity index (χ1v) is 8.31. The quantitative estimate of drug-likeness (QED) is 0.621. The Morgan fingerprint density at radius 1 is 1.43 bits per heavy atom. The van der Waals surface area contributed by atoms with E-state index in [0.717, 1.165) is 6.42 Å². The molecule has 0 saturated carbocycles. The van der Waals surface area contributed by atoms with Crippen LogP contribution in [0.2, 0.25) is 0 Å². The summed E-state index contributed by atoms with van der Waals surface area (Å²) < 4.78 is 30.1. The van der Waals surface area contributed by atoms with Gasteiger partial charge in [0.15, 0.2) is 9.84 Å². The molecule has 1 fully saturated rings. The fourth-order valence-electron chi connectivity index (χ4n) is 2.43. The summed E-state index contributed by atoms with van der Waals surface area (Å²) in [6.45, 7) is 1.21. The number of nitro benzene ring substituents is 1. The molecule has 0 amide bonds. The maximum absolute atomic E-state index is 12.4. The average Bonchev–Trinajstić information content (AvgIpc) is 2.99. The van der Waals surface area contributed by atoms with E-state index in [1.807, 2.05) is 0 Å². The van der Waals surface area contributed by atoms with Crippen LogP contribution in [0, 0.1) is 16.0 Å². The van der Waals surface area contributed by atoms with Gasteiger partial charge < -0.3 is 10.1 Å². The molecule has 0 aromatic heterocycles. The second kappa shape index (κ2) is 6.50. The van der Waals surface area contributed by atoms with E-state index in [2.05, 4.69) is 5.32 Å². The third kappa shape index (κ3) is 3.78. The molecule has 1 aliphatic heterocycles. The van der Waals surface area contributed by atoms with Crippen molar-refractivity contribution in [2.75, 3.05) is 26.0 Å². The Morgan fingerprint density at radius 2 is 2.10 bits per heavy atom. The van der Waals surface area contributed by atoms with E-state index >= 15 is 0 Å². The van der Waals surface area contributed by atoms with Gasteiger partial charge in [-0.1, -0.05) is 0 Å². The number of nitrogens with zero attached hydrogens (tertiary/aromatic N) is 1. The molecule has 1 aromatic rings. The highest BCUT2D eigenvalue weighted by atomic mass is 32.2. The highest BCUT2D eigenvalue weighted by Crippen LogP contribution is 2.22. The summed E-state index contributed by atoms with van der Waals surface area (Å²) in [4.78, 5) is 10.1. The number of nitro groups is 1. The second-order valence-electron chi connectivity index (χ2n) is 5.05. The van der Waals surface area contributed by atoms with Crippen molar-refractivity contribution < 1.29 is 18.1 Å². The number of hydrogen-bond donors (Lipinski definition) is 1. The third-order valence-corrected chi connectivity index (χ3v) is 5.50. The molecule has 2 rings (SSSR count). The SMILES string of the molecule is CNC(CS(=O)(=O)c1ccc([N+](=O)[O-])cc1)C1CCOC1. The normalized spacial score (nSPS) is 20.3. The predicted octanol–water partition coefficient (Wildman–Crippen LogP) is 0.993. The van der Waals surface area contributed by atoms with Gasteiger partial charge in [-0.15, -0.1) is 0 Å². The highest BCUT2D eigenvalue weighted by Gasteiger charge is 2.29. The van der Waals surface area contributed by atoms with Crippen LogP contribution in [0.25, 0.3) is 0 Å². The minimum absolute atomic E-state index is 0.0463. The van der Waals surface area contributed by atoms with E-state index in [4.69, 9.17) is 4.74 Å². The summed E-state index contributed by atoms with van der Waals surface area (Å²) >= 11 is 0. The minimum Gasteiger partial charge on any atom is -0.381 e. The van der Waals surface area contributed by atoms with Gasteiger partial charge in [-0.3, -0.25) is 10.1 Å². The van der Waals surface area contributed by atoms with Crippen molar-refractivity contribution in [3.8, 4) is 0 Å². The van der Waals surface area contributed by atoms with Crippen LogP contribution in [-0.4, -0.2) is 45.4 Å². The van der Waals surface area contributed by atoms with Crippen LogP contribution in [0.1, 0.15) is 6.42 Å². The standard InChI is InChI=1S/C13H18N2O5S/c1-14-13(10-6-7-20-8-10)9-21(18,19)12-4-2-11(3-5-12)15(16)17/h2-5,10,13-14H,6-9H2,1H3. The molecule has 1 aromatic carbocycles. The highest BCUT2D eigenvalue weighted by molar-refractivity contribution is 7.91. The van der Waals surface area contributed by atoms with E-state index in [1.54, 1.807) is 7.05 Å². The molecule has 2 unspecified atom stereocenters. The van der Waals surface area contributed by atoms with Gasteiger partial charge in [0.05, 0.1) is 22.2 Å². The zero-order valence-electron chi connectivity index (χ0n) is 11.7. The summed E-state index contributed by atoms with van der Waals surface area (Å²) in [6, 6.07) is 4.80. The van der Waals surface area contributed by atoms with Crippen molar-refractivity contribution in [1.82, 2.24) is 5.32 Å². The molecular weight excluding hydrogens is 296 g/mol. The van der Waals surface area contributed by atoms with Gasteiger partial charge in [-0.2, -0.15) is 0 Å². The lowest BCUT2D eigenvalue weighted by Gasteiger charge is -2.21. The van der Waals surface area contributed by atoms with Crippen molar-refractivity contribution in [3.05, 3.63) is 34.4 Å². The van der Waals surface area contributed by atoms with Gasteiger partial charge in [-0.25, -0.2) is 8.42 Å². The number of ether oxygens (including phenoxy) is 1. The van der Waals surface area contributed by atoms with Crippen LogP contribution < -0.4 is 5.32 Å². The predicted molar refractivity (Wildman–Crippen MR) is 76.9 cm³/mol. The van der Waals surface area contributed by atoms with E-state index < -0.39 is 14.8 Å². The van der Waals surface area contributed by atoms with Gasteiger partial charge in [0.25, 0.3) is 5.69 Å². The Morgan fingerprint density at radius 3 is 2.57 bits per heavy atom. The second-order valence-corrected chi connectivity index (χ2v) is 7.09. The summed E-state index contributed by atoms with van der Waals surface area (Å²) in [5.41, 5.74) is -0.122. The molecule has 2 atom stereocenters. The zero-order chi connectivity index (χ0) is 15.5. The maximum Gasteiger partial charge on any atom is 0.269 e. The first kappa shape index (κ1) is 15.9. The lowest BCUT2D eigenvalue weighted by atomic mass is 10.0. The van der Waals surface area contributed by atoms with Gasteiger partial charge in [0.1, 0.15) is 0 Å². The largest absolute Gasteiger partial charge is 0.381 e. The molecule has 0 bridgehead atoms. The molecule has 1 saturated heterocycles. The Bertz CT molecular complexity index is 593. The number of benzene rings is 1. The molecule has 0 spiro atoms. The third-order valence-electron chi connectivity index (χ3n) is 3.71. The van der Waals surface area contributed by atoms with Crippen LogP contribution in [0.15, 0.2) is 29.2 Å². The number of hydrogen-bond acceptors (Lipinski definition) is 6. The van der Waals surface area contributed by atoms with Crippen molar-refractivity contribution in [2.24, 2.45) is 5.92 Å². The molecular formula is C13H18N2O5S. The molecule has 0 radical (unpaired) electrons. The van der Waals surface area contributed by atoms with E-state index in [0.29, 0.717) is 13.2 Å². The van der Waals surface area contributed by atoms with Crippen LogP contribution in [-0.2, 0) is 14.6 Å². The molecule has 1 N–H and O–H groups in total. The van der Waals surface area contributed by atoms with Crippen molar-refractivity contribution in [1.29, 1.82) is 0 Å². The monoisotopic (exact) mass is 314 g/mol. The molecule has 1 heterocycles. The first-order valence-electron chi connectivity index (χ1n) is 6.66. The molecule has 21 heavy (non-hydrogen) atoms. The van der Waals surface area contributed by atoms with Crippen LogP contribution >= 0.6 is 0 Å². The van der Waals surface area contributed by atoms with Gasteiger partial charge >= 0.3 is 0 Å². The Kier molecular flexibility index (Phi) is 4.92. The number of nitrogens with one attached hydrogen (secondary N) is 1. The molecule has 1 aliphatic rings. The van der Waals surface area contributed by atoms with Crippen LogP contribution in [0.3, 0.4) is 0 Å². The lowest BCUT2D eigenvalue weighted by Crippen LogP contribution is -2.40. The maximum atomic E-state index is 12.4. The van der Waals surface area contributed by atoms with E-state index in [9.17, 15) is 18.5 Å². The molecule has 0 aliphatic carbocycles. The van der Waals surface area contributed by atoms with Crippen LogP contribution in [0.4, 0.5) is 5.69 Å². The number of sulfone groups is 1. The summed E-state index contributed by atoms with van der Waals surface area (Å²) in [6.07, 6.45) is 0.835. The Hall–Kier alpha value is -1.51. The fraction of sp³-hybridized carbons (Fsp3) is 0.538. The average molecular weight is 314 g/mol. The van der Waals surface area contributed by atoms with E-state index in [1.165, 1.54) is 24.3 Å². The number of rotatable bonds is 6. The van der Waals surface area contributed by atoms with Crippen molar-refractivity contribution in [2.45, 2.75) is 17.4 Å². The van der Waals surface area contributed by atoms with Gasteiger partial charge in [0, 0.05) is 30.7 Å². The Balaban J connectivity index is 2.14.